The molecule has 1 aliphatic carbocycles. The number of allylic oxidation sites excluding steroid dienone is 4. The molecule has 3 aromatic rings. The van der Waals surface area contributed by atoms with Gasteiger partial charge in [-0.05, 0) is 29.2 Å². The Morgan fingerprint density at radius 1 is 0.778 bits per heavy atom. The van der Waals surface area contributed by atoms with Crippen molar-refractivity contribution < 1.29 is 4.74 Å². The molecule has 1 aliphatic rings. The molecule has 0 N–H and O–H groups in total. The van der Waals surface area contributed by atoms with Gasteiger partial charge in [0.05, 0.1) is 0 Å². The molecule has 0 atom stereocenters. The molecule has 2 heteroatoms. The van der Waals surface area contributed by atoms with Gasteiger partial charge in [0.15, 0.2) is 0 Å². The van der Waals surface area contributed by atoms with Gasteiger partial charge in [0.25, 0.3) is 6.26 Å². The first kappa shape index (κ1) is 16.9. The van der Waals surface area contributed by atoms with Crippen LogP contribution in [0.15, 0.2) is 103 Å². The topological polar surface area (TPSA) is 33.0 Å². The molecule has 2 nitrogen and oxygen atoms in total. The molecule has 3 aromatic carbocycles. The minimum atomic E-state index is -0.258. The molecule has 0 spiro atoms. The largest absolute Gasteiger partial charge is 0.387 e. The molecule has 0 aliphatic heterocycles. The zero-order chi connectivity index (χ0) is 18.5. The van der Waals surface area contributed by atoms with Crippen molar-refractivity contribution in [1.29, 1.82) is 5.26 Å². The van der Waals surface area contributed by atoms with Crippen LogP contribution in [0.4, 0.5) is 0 Å². The van der Waals surface area contributed by atoms with Gasteiger partial charge in [0, 0.05) is 11.0 Å². The lowest BCUT2D eigenvalue weighted by Gasteiger charge is -2.35. The van der Waals surface area contributed by atoms with Crippen molar-refractivity contribution in [3.8, 4) is 12.0 Å². The molecular weight excluding hydrogens is 330 g/mol. The second-order valence-electron chi connectivity index (χ2n) is 6.62. The molecule has 27 heavy (non-hydrogen) atoms. The van der Waals surface area contributed by atoms with Crippen LogP contribution in [-0.4, -0.2) is 0 Å². The maximum absolute atomic E-state index is 9.00. The fraction of sp³-hybridized carbons (Fsp3) is 0.0800. The van der Waals surface area contributed by atoms with Crippen molar-refractivity contribution in [2.45, 2.75) is 11.8 Å². The van der Waals surface area contributed by atoms with Gasteiger partial charge in [-0.2, -0.15) is 0 Å². The Morgan fingerprint density at radius 3 is 2.00 bits per heavy atom. The van der Waals surface area contributed by atoms with Crippen LogP contribution in [-0.2, 0) is 5.41 Å². The number of ether oxygens (including phenoxy) is 1. The van der Waals surface area contributed by atoms with Gasteiger partial charge in [-0.3, -0.25) is 0 Å². The fourth-order valence-corrected chi connectivity index (χ4v) is 3.84. The third-order valence-electron chi connectivity index (χ3n) is 5.11. The van der Waals surface area contributed by atoms with Crippen molar-refractivity contribution in [2.24, 2.45) is 0 Å². The lowest BCUT2D eigenvalue weighted by molar-refractivity contribution is 0.504. The zero-order valence-electron chi connectivity index (χ0n) is 14.9. The first-order chi connectivity index (χ1) is 13.3. The second-order valence-corrected chi connectivity index (χ2v) is 6.62. The van der Waals surface area contributed by atoms with Crippen LogP contribution in [0.5, 0.6) is 5.75 Å². The Balaban J connectivity index is 1.84. The molecule has 0 saturated heterocycles. The minimum Gasteiger partial charge on any atom is -0.387 e. The smallest absolute Gasteiger partial charge is 0.292 e. The summed E-state index contributed by atoms with van der Waals surface area (Å²) in [6, 6.07) is 28.8. The van der Waals surface area contributed by atoms with Crippen LogP contribution in [0.3, 0.4) is 0 Å². The molecule has 0 unspecified atom stereocenters. The lowest BCUT2D eigenvalue weighted by Crippen LogP contribution is -2.27. The standard InChI is InChI=1S/C25H19NO/c26-19-27-24-16-8-7-15-23(24)20-10-9-17-25(18-20,21-11-3-1-4-12-21)22-13-5-2-6-14-22/h1-17H,18H2. The highest BCUT2D eigenvalue weighted by Crippen LogP contribution is 2.45. The molecule has 0 amide bonds. The van der Waals surface area contributed by atoms with E-state index in [1.165, 1.54) is 11.1 Å². The third kappa shape index (κ3) is 3.16. The molecule has 4 rings (SSSR count). The Morgan fingerprint density at radius 2 is 1.37 bits per heavy atom. The molecule has 0 radical (unpaired) electrons. The zero-order valence-corrected chi connectivity index (χ0v) is 14.9. The maximum Gasteiger partial charge on any atom is 0.292 e. The van der Waals surface area contributed by atoms with Crippen LogP contribution in [0.25, 0.3) is 5.57 Å². The Kier molecular flexibility index (Phi) is 4.60. The van der Waals surface area contributed by atoms with E-state index < -0.39 is 0 Å². The predicted molar refractivity (Wildman–Crippen MR) is 108 cm³/mol. The fourth-order valence-electron chi connectivity index (χ4n) is 3.84. The van der Waals surface area contributed by atoms with Gasteiger partial charge in [0.2, 0.25) is 0 Å². The van der Waals surface area contributed by atoms with E-state index in [9.17, 15) is 0 Å². The monoisotopic (exact) mass is 349 g/mol. The quantitative estimate of drug-likeness (QED) is 0.551. The molecule has 0 saturated carbocycles. The van der Waals surface area contributed by atoms with Crippen molar-refractivity contribution in [3.63, 3.8) is 0 Å². The summed E-state index contributed by atoms with van der Waals surface area (Å²) in [5, 5.41) is 9.00. The molecule has 130 valence electrons. The molecule has 0 bridgehead atoms. The first-order valence-electron chi connectivity index (χ1n) is 8.98. The summed E-state index contributed by atoms with van der Waals surface area (Å²) in [4.78, 5) is 0. The van der Waals surface area contributed by atoms with E-state index in [-0.39, 0.29) is 5.41 Å². The molecular formula is C25H19NO. The van der Waals surface area contributed by atoms with Gasteiger partial charge >= 0.3 is 0 Å². The van der Waals surface area contributed by atoms with Crippen LogP contribution >= 0.6 is 0 Å². The number of rotatable bonds is 4. The molecule has 0 heterocycles. The van der Waals surface area contributed by atoms with E-state index in [4.69, 9.17) is 10.00 Å². The third-order valence-corrected chi connectivity index (χ3v) is 5.11. The van der Waals surface area contributed by atoms with Crippen LogP contribution in [0.2, 0.25) is 0 Å². The Hall–Kier alpha value is -3.57. The summed E-state index contributed by atoms with van der Waals surface area (Å²) in [7, 11) is 0. The average Bonchev–Trinajstić information content (AvgIpc) is 2.76. The Labute approximate surface area is 159 Å². The van der Waals surface area contributed by atoms with Crippen LogP contribution in [0.1, 0.15) is 23.1 Å². The number of para-hydroxylation sites is 1. The SMILES string of the molecule is N#COc1ccccc1C1=CC=CC(c2ccccc2)(c2ccccc2)C1. The van der Waals surface area contributed by atoms with E-state index in [1.807, 2.05) is 36.4 Å². The van der Waals surface area contributed by atoms with Crippen molar-refractivity contribution in [3.05, 3.63) is 120 Å². The predicted octanol–water partition coefficient (Wildman–Crippen LogP) is 5.88. The van der Waals surface area contributed by atoms with Gasteiger partial charge in [-0.15, -0.1) is 5.26 Å². The van der Waals surface area contributed by atoms with Crippen LogP contribution in [0, 0.1) is 11.5 Å². The average molecular weight is 349 g/mol. The first-order valence-corrected chi connectivity index (χ1v) is 8.98. The number of nitrogens with zero attached hydrogens (tertiary/aromatic N) is 1. The van der Waals surface area contributed by atoms with Gasteiger partial charge in [-0.1, -0.05) is 97.1 Å². The van der Waals surface area contributed by atoms with Crippen molar-refractivity contribution in [1.82, 2.24) is 0 Å². The minimum absolute atomic E-state index is 0.258. The highest BCUT2D eigenvalue weighted by Gasteiger charge is 2.34. The summed E-state index contributed by atoms with van der Waals surface area (Å²) >= 11 is 0. The van der Waals surface area contributed by atoms with E-state index in [1.54, 1.807) is 6.26 Å². The molecule has 0 fully saturated rings. The summed E-state index contributed by atoms with van der Waals surface area (Å²) in [5.74, 6) is 0.594. The second kappa shape index (κ2) is 7.35. The van der Waals surface area contributed by atoms with Crippen molar-refractivity contribution >= 4 is 5.57 Å². The highest BCUT2D eigenvalue weighted by molar-refractivity contribution is 5.76. The highest BCUT2D eigenvalue weighted by atomic mass is 16.5. The van der Waals surface area contributed by atoms with Gasteiger partial charge in [-0.25, -0.2) is 0 Å². The normalized spacial score (nSPS) is 14.9. The summed E-state index contributed by atoms with van der Waals surface area (Å²) in [5.41, 5.74) is 4.34. The van der Waals surface area contributed by atoms with Crippen molar-refractivity contribution in [2.75, 3.05) is 0 Å². The maximum atomic E-state index is 9.00. The number of benzene rings is 3. The van der Waals surface area contributed by atoms with Gasteiger partial charge in [0.1, 0.15) is 5.75 Å². The van der Waals surface area contributed by atoms with Gasteiger partial charge < -0.3 is 4.74 Å². The molecule has 0 aromatic heterocycles. The van der Waals surface area contributed by atoms with E-state index in [0.717, 1.165) is 17.6 Å². The number of hydrogen-bond acceptors (Lipinski definition) is 2. The summed E-state index contributed by atoms with van der Waals surface area (Å²) in [6.45, 7) is 0. The Bertz CT molecular complexity index is 987. The van der Waals surface area contributed by atoms with E-state index in [0.29, 0.717) is 5.75 Å². The number of nitriles is 1. The number of hydrogen-bond donors (Lipinski definition) is 0. The van der Waals surface area contributed by atoms with Crippen LogP contribution < -0.4 is 4.74 Å². The van der Waals surface area contributed by atoms with E-state index in [2.05, 4.69) is 66.8 Å². The summed E-state index contributed by atoms with van der Waals surface area (Å²) < 4.78 is 5.21. The summed E-state index contributed by atoms with van der Waals surface area (Å²) in [6.07, 6.45) is 9.10. The van der Waals surface area contributed by atoms with E-state index >= 15 is 0 Å². The lowest BCUT2D eigenvalue weighted by atomic mass is 9.67.